The number of para-hydroxylation sites is 2. The predicted octanol–water partition coefficient (Wildman–Crippen LogP) is 4.75. The molecule has 0 aliphatic carbocycles. The highest BCUT2D eigenvalue weighted by Crippen LogP contribution is 2.23. The van der Waals surface area contributed by atoms with E-state index in [1.165, 1.54) is 78.9 Å². The Morgan fingerprint density at radius 3 is 1.43 bits per heavy atom. The highest BCUT2D eigenvalue weighted by atomic mass is 16.6. The van der Waals surface area contributed by atoms with Crippen LogP contribution >= 0.6 is 0 Å². The van der Waals surface area contributed by atoms with Crippen LogP contribution in [0.3, 0.4) is 0 Å². The molecule has 0 fully saturated rings. The normalized spacial score (nSPS) is 10.3. The van der Waals surface area contributed by atoms with Crippen molar-refractivity contribution in [3.63, 3.8) is 0 Å². The van der Waals surface area contributed by atoms with E-state index in [0.717, 1.165) is 12.1 Å². The van der Waals surface area contributed by atoms with Gasteiger partial charge < -0.3 is 26.2 Å². The number of aromatic carboxylic acids is 2. The van der Waals surface area contributed by atoms with Gasteiger partial charge in [-0.1, -0.05) is 24.3 Å². The number of carbonyl (C=O) groups excluding carboxylic acids is 3. The Kier molecular flexibility index (Phi) is 8.33. The summed E-state index contributed by atoms with van der Waals surface area (Å²) in [7, 11) is 0. The molecular weight excluding hydrogens is 548 g/mol. The number of nitrogens with zero attached hydrogens (tertiary/aromatic N) is 1. The second-order valence-electron chi connectivity index (χ2n) is 8.67. The van der Waals surface area contributed by atoms with Crippen LogP contribution < -0.4 is 16.0 Å². The Morgan fingerprint density at radius 2 is 1.00 bits per heavy atom. The van der Waals surface area contributed by atoms with Gasteiger partial charge in [-0.25, -0.2) is 9.59 Å². The van der Waals surface area contributed by atoms with Gasteiger partial charge in [-0.2, -0.15) is 0 Å². The van der Waals surface area contributed by atoms with Crippen LogP contribution in [0, 0.1) is 10.1 Å². The molecule has 0 radical (unpaired) electrons. The largest absolute Gasteiger partial charge is 0.478 e. The van der Waals surface area contributed by atoms with Gasteiger partial charge >= 0.3 is 11.9 Å². The number of carboxylic acids is 2. The molecule has 3 amide bonds. The summed E-state index contributed by atoms with van der Waals surface area (Å²) in [5, 5.41) is 37.3. The highest BCUT2D eigenvalue weighted by Gasteiger charge is 2.19. The lowest BCUT2D eigenvalue weighted by molar-refractivity contribution is -0.384. The maximum atomic E-state index is 13.2. The molecule has 0 heterocycles. The van der Waals surface area contributed by atoms with E-state index in [0.29, 0.717) is 0 Å². The molecule has 0 bridgehead atoms. The van der Waals surface area contributed by atoms with Crippen molar-refractivity contribution in [2.45, 2.75) is 0 Å². The van der Waals surface area contributed by atoms with E-state index in [1.807, 2.05) is 0 Å². The number of carbonyl (C=O) groups is 5. The zero-order valence-corrected chi connectivity index (χ0v) is 21.4. The van der Waals surface area contributed by atoms with Gasteiger partial charge in [-0.3, -0.25) is 24.5 Å². The Morgan fingerprint density at radius 1 is 0.571 bits per heavy atom. The molecule has 4 aromatic carbocycles. The second-order valence-corrected chi connectivity index (χ2v) is 8.67. The molecule has 0 spiro atoms. The quantitative estimate of drug-likeness (QED) is 0.139. The third kappa shape index (κ3) is 6.60. The molecule has 0 atom stereocenters. The van der Waals surface area contributed by atoms with Gasteiger partial charge in [0.2, 0.25) is 0 Å². The average molecular weight is 568 g/mol. The Balaban J connectivity index is 1.69. The standard InChI is InChI=1S/C29H20N4O9/c34-25(16-9-11-20(12-10-16)33(41)42)30-19-14-17(26(35)31-23-7-3-1-5-21(23)28(37)38)13-18(15-19)27(36)32-24-8-4-2-6-22(24)29(39)40/h1-15H,(H,30,34)(H,31,35)(H,32,36)(H,37,38)(H,39,40). The number of hydrogen-bond acceptors (Lipinski definition) is 7. The van der Waals surface area contributed by atoms with Gasteiger partial charge in [0.05, 0.1) is 27.4 Å². The molecule has 0 aliphatic heterocycles. The number of non-ortho nitro benzene ring substituents is 1. The van der Waals surface area contributed by atoms with Crippen molar-refractivity contribution in [3.05, 3.63) is 129 Å². The molecule has 4 aromatic rings. The summed E-state index contributed by atoms with van der Waals surface area (Å²) in [6.45, 7) is 0. The van der Waals surface area contributed by atoms with Crippen molar-refractivity contribution in [2.24, 2.45) is 0 Å². The molecule has 13 nitrogen and oxygen atoms in total. The van der Waals surface area contributed by atoms with Crippen LogP contribution in [0.2, 0.25) is 0 Å². The number of nitrogens with one attached hydrogen (secondary N) is 3. The minimum Gasteiger partial charge on any atom is -0.478 e. The summed E-state index contributed by atoms with van der Waals surface area (Å²) >= 11 is 0. The Labute approximate surface area is 236 Å². The lowest BCUT2D eigenvalue weighted by Gasteiger charge is -2.13. The fraction of sp³-hybridized carbons (Fsp3) is 0. The van der Waals surface area contributed by atoms with Crippen LogP contribution in [0.1, 0.15) is 51.8 Å². The number of benzene rings is 4. The van der Waals surface area contributed by atoms with Gasteiger partial charge in [0, 0.05) is 34.5 Å². The minimum atomic E-state index is -1.29. The van der Waals surface area contributed by atoms with Crippen LogP contribution in [-0.4, -0.2) is 44.8 Å². The van der Waals surface area contributed by atoms with E-state index < -0.39 is 34.6 Å². The number of anilines is 3. The minimum absolute atomic E-state index is 0.0169. The van der Waals surface area contributed by atoms with Crippen LogP contribution in [-0.2, 0) is 0 Å². The van der Waals surface area contributed by atoms with Crippen molar-refractivity contribution >= 4 is 52.4 Å². The molecule has 42 heavy (non-hydrogen) atoms. The zero-order chi connectivity index (χ0) is 30.4. The zero-order valence-electron chi connectivity index (χ0n) is 21.4. The summed E-state index contributed by atoms with van der Waals surface area (Å²) < 4.78 is 0. The number of nitro groups is 1. The number of amides is 3. The SMILES string of the molecule is O=C(Nc1cc(C(=O)Nc2ccccc2C(=O)O)cc(C(=O)Nc2ccccc2C(=O)O)c1)c1ccc([N+](=O)[O-])cc1. The van der Waals surface area contributed by atoms with Crippen molar-refractivity contribution in [3.8, 4) is 0 Å². The second kappa shape index (κ2) is 12.2. The van der Waals surface area contributed by atoms with Gasteiger partial charge in [-0.15, -0.1) is 0 Å². The summed E-state index contributed by atoms with van der Waals surface area (Å²) in [6.07, 6.45) is 0. The topological polar surface area (TPSA) is 205 Å². The maximum absolute atomic E-state index is 13.2. The fourth-order valence-electron chi connectivity index (χ4n) is 3.85. The van der Waals surface area contributed by atoms with E-state index in [1.54, 1.807) is 0 Å². The first kappa shape index (κ1) is 28.6. The third-order valence-electron chi connectivity index (χ3n) is 5.87. The number of rotatable bonds is 9. The number of nitro benzene ring substituents is 1. The monoisotopic (exact) mass is 568 g/mol. The first-order valence-electron chi connectivity index (χ1n) is 12.0. The maximum Gasteiger partial charge on any atom is 0.337 e. The van der Waals surface area contributed by atoms with E-state index >= 15 is 0 Å². The molecule has 0 unspecified atom stereocenters. The van der Waals surface area contributed by atoms with Crippen LogP contribution in [0.4, 0.5) is 22.7 Å². The van der Waals surface area contributed by atoms with Crippen molar-refractivity contribution in [1.29, 1.82) is 0 Å². The summed E-state index contributed by atoms with van der Waals surface area (Å²) in [5.74, 6) is -4.90. The van der Waals surface area contributed by atoms with Gasteiger partial charge in [0.25, 0.3) is 23.4 Å². The highest BCUT2D eigenvalue weighted by molar-refractivity contribution is 6.13. The fourth-order valence-corrected chi connectivity index (χ4v) is 3.85. The van der Waals surface area contributed by atoms with Crippen molar-refractivity contribution < 1.29 is 39.1 Å². The molecule has 5 N–H and O–H groups in total. The van der Waals surface area contributed by atoms with Crippen molar-refractivity contribution in [2.75, 3.05) is 16.0 Å². The molecule has 210 valence electrons. The summed E-state index contributed by atoms with van der Waals surface area (Å²) in [4.78, 5) is 72.7. The van der Waals surface area contributed by atoms with E-state index in [4.69, 9.17) is 0 Å². The van der Waals surface area contributed by atoms with Crippen LogP contribution in [0.5, 0.6) is 0 Å². The third-order valence-corrected chi connectivity index (χ3v) is 5.87. The molecule has 0 saturated carbocycles. The van der Waals surface area contributed by atoms with Crippen LogP contribution in [0.25, 0.3) is 0 Å². The molecule has 13 heteroatoms. The van der Waals surface area contributed by atoms with E-state index in [2.05, 4.69) is 16.0 Å². The molecule has 0 saturated heterocycles. The molecule has 4 rings (SSSR count). The van der Waals surface area contributed by atoms with Crippen molar-refractivity contribution in [1.82, 2.24) is 0 Å². The molecular formula is C29H20N4O9. The Bertz CT molecular complexity index is 1660. The summed E-state index contributed by atoms with van der Waals surface area (Å²) in [6, 6.07) is 19.7. The van der Waals surface area contributed by atoms with E-state index in [9.17, 15) is 44.3 Å². The van der Waals surface area contributed by atoms with E-state index in [-0.39, 0.29) is 50.6 Å². The summed E-state index contributed by atoms with van der Waals surface area (Å²) in [5.41, 5.74) is -0.891. The predicted molar refractivity (Wildman–Crippen MR) is 150 cm³/mol. The van der Waals surface area contributed by atoms with Gasteiger partial charge in [0.15, 0.2) is 0 Å². The average Bonchev–Trinajstić information content (AvgIpc) is 2.97. The first-order valence-corrected chi connectivity index (χ1v) is 12.0. The van der Waals surface area contributed by atoms with Gasteiger partial charge in [0.1, 0.15) is 0 Å². The van der Waals surface area contributed by atoms with Gasteiger partial charge in [-0.05, 0) is 54.6 Å². The smallest absolute Gasteiger partial charge is 0.337 e. The Hall–Kier alpha value is -6.37. The molecule has 0 aliphatic rings. The number of carboxylic acid groups (broad SMARTS) is 2. The number of hydrogen-bond donors (Lipinski definition) is 5. The lowest BCUT2D eigenvalue weighted by atomic mass is 10.1. The van der Waals surface area contributed by atoms with Crippen LogP contribution in [0.15, 0.2) is 91.0 Å². The lowest BCUT2D eigenvalue weighted by Crippen LogP contribution is -2.19. The first-order chi connectivity index (χ1) is 20.0. The molecule has 0 aromatic heterocycles.